The normalized spacial score (nSPS) is 14.2. The highest BCUT2D eigenvalue weighted by atomic mass is 32.2. The maximum Gasteiger partial charge on any atom is 0.234 e. The number of fused-ring (bicyclic) bond motifs is 1. The van der Waals surface area contributed by atoms with Crippen molar-refractivity contribution in [3.8, 4) is 16.9 Å². The van der Waals surface area contributed by atoms with Crippen LogP contribution in [0.2, 0.25) is 0 Å². The first-order valence-corrected chi connectivity index (χ1v) is 11.5. The standard InChI is InChI=1S/C26H25FN2O3S/c1-26(2)22-17-19(11-14-24(22)29-25(26)30)31-16-6-5-15-28-32-33-20-12-9-18(10-13-20)21-7-3-4-8-23(21)27/h3-4,7-15,17H,5-6,16H2,1-2H3,(H,29,30). The van der Waals surface area contributed by atoms with Crippen molar-refractivity contribution in [3.05, 3.63) is 78.1 Å². The molecule has 0 spiro atoms. The molecule has 0 atom stereocenters. The second-order valence-electron chi connectivity index (χ2n) is 8.23. The minimum atomic E-state index is -0.547. The number of hydrogen-bond donors (Lipinski definition) is 1. The van der Waals surface area contributed by atoms with Gasteiger partial charge in [-0.15, -0.1) is 0 Å². The van der Waals surface area contributed by atoms with Gasteiger partial charge in [-0.25, -0.2) is 4.39 Å². The number of anilines is 1. The molecule has 3 aromatic carbocycles. The van der Waals surface area contributed by atoms with Gasteiger partial charge in [-0.05, 0) is 74.2 Å². The summed E-state index contributed by atoms with van der Waals surface area (Å²) in [4.78, 5) is 12.9. The maximum absolute atomic E-state index is 13.9. The highest BCUT2D eigenvalue weighted by Crippen LogP contribution is 2.39. The van der Waals surface area contributed by atoms with E-state index in [0.717, 1.165) is 45.9 Å². The van der Waals surface area contributed by atoms with Crippen molar-refractivity contribution in [3.63, 3.8) is 0 Å². The average Bonchev–Trinajstić information content (AvgIpc) is 3.04. The van der Waals surface area contributed by atoms with E-state index in [0.29, 0.717) is 18.6 Å². The summed E-state index contributed by atoms with van der Waals surface area (Å²) in [6, 6.07) is 19.8. The Balaban J connectivity index is 1.16. The molecule has 0 aliphatic carbocycles. The van der Waals surface area contributed by atoms with E-state index in [1.165, 1.54) is 6.07 Å². The first-order valence-electron chi connectivity index (χ1n) is 10.7. The van der Waals surface area contributed by atoms with E-state index < -0.39 is 5.41 Å². The fourth-order valence-electron chi connectivity index (χ4n) is 3.54. The van der Waals surface area contributed by atoms with Crippen LogP contribution in [0.5, 0.6) is 5.75 Å². The molecular formula is C26H25FN2O3S. The largest absolute Gasteiger partial charge is 0.494 e. The Bertz CT molecular complexity index is 1160. The number of carbonyl (C=O) groups is 1. The number of oxime groups is 1. The van der Waals surface area contributed by atoms with Crippen molar-refractivity contribution in [2.45, 2.75) is 37.0 Å². The van der Waals surface area contributed by atoms with Crippen LogP contribution in [0.4, 0.5) is 10.1 Å². The number of nitrogens with one attached hydrogen (secondary N) is 1. The molecular weight excluding hydrogens is 439 g/mol. The first kappa shape index (κ1) is 22.9. The van der Waals surface area contributed by atoms with Gasteiger partial charge in [0.05, 0.1) is 16.9 Å². The average molecular weight is 465 g/mol. The number of amides is 1. The van der Waals surface area contributed by atoms with E-state index >= 15 is 0 Å². The number of rotatable bonds is 9. The summed E-state index contributed by atoms with van der Waals surface area (Å²) >= 11 is 1.14. The number of ether oxygens (including phenoxy) is 1. The van der Waals surface area contributed by atoms with Crippen molar-refractivity contribution < 1.29 is 18.2 Å². The Morgan fingerprint density at radius 2 is 1.88 bits per heavy atom. The van der Waals surface area contributed by atoms with Gasteiger partial charge in [0.1, 0.15) is 23.6 Å². The summed E-state index contributed by atoms with van der Waals surface area (Å²) < 4.78 is 25.0. The predicted molar refractivity (Wildman–Crippen MR) is 130 cm³/mol. The second-order valence-corrected chi connectivity index (χ2v) is 9.01. The van der Waals surface area contributed by atoms with Crippen LogP contribution < -0.4 is 10.1 Å². The highest BCUT2D eigenvalue weighted by molar-refractivity contribution is 7.94. The van der Waals surface area contributed by atoms with Crippen LogP contribution in [0.1, 0.15) is 32.3 Å². The van der Waals surface area contributed by atoms with E-state index in [-0.39, 0.29) is 11.7 Å². The molecule has 170 valence electrons. The third kappa shape index (κ3) is 5.37. The fraction of sp³-hybridized carbons (Fsp3) is 0.231. The molecule has 0 saturated heterocycles. The minimum absolute atomic E-state index is 0.00441. The van der Waals surface area contributed by atoms with Gasteiger partial charge in [0, 0.05) is 17.5 Å². The highest BCUT2D eigenvalue weighted by Gasteiger charge is 2.38. The summed E-state index contributed by atoms with van der Waals surface area (Å²) in [5.74, 6) is 0.514. The number of halogens is 1. The molecule has 0 aromatic heterocycles. The van der Waals surface area contributed by atoms with E-state index in [4.69, 9.17) is 9.02 Å². The van der Waals surface area contributed by atoms with E-state index in [1.54, 1.807) is 18.3 Å². The number of nitrogens with zero attached hydrogens (tertiary/aromatic N) is 1. The molecule has 0 radical (unpaired) electrons. The quantitative estimate of drug-likeness (QED) is 0.168. The van der Waals surface area contributed by atoms with Crippen LogP contribution in [0, 0.1) is 5.82 Å². The van der Waals surface area contributed by atoms with Gasteiger partial charge < -0.3 is 14.3 Å². The Labute approximate surface area is 197 Å². The smallest absolute Gasteiger partial charge is 0.234 e. The lowest BCUT2D eigenvalue weighted by Gasteiger charge is -2.16. The van der Waals surface area contributed by atoms with Crippen molar-refractivity contribution in [2.24, 2.45) is 5.16 Å². The molecule has 5 nitrogen and oxygen atoms in total. The van der Waals surface area contributed by atoms with Gasteiger partial charge in [0.15, 0.2) is 0 Å². The first-order chi connectivity index (χ1) is 15.9. The molecule has 1 aliphatic rings. The molecule has 0 bridgehead atoms. The molecule has 1 heterocycles. The van der Waals surface area contributed by atoms with Crippen LogP contribution >= 0.6 is 12.0 Å². The molecule has 33 heavy (non-hydrogen) atoms. The van der Waals surface area contributed by atoms with E-state index in [1.807, 2.05) is 62.4 Å². The SMILES string of the molecule is CC1(C)C(=O)Nc2ccc(OCCCC=NOSc3ccc(-c4ccccc4F)cc3)cc21. The summed E-state index contributed by atoms with van der Waals surface area (Å²) in [5, 5.41) is 6.85. The Morgan fingerprint density at radius 3 is 2.67 bits per heavy atom. The zero-order valence-corrected chi connectivity index (χ0v) is 19.3. The summed E-state index contributed by atoms with van der Waals surface area (Å²) in [6.07, 6.45) is 3.20. The topological polar surface area (TPSA) is 59.9 Å². The zero-order chi connectivity index (χ0) is 23.3. The number of hydrogen-bond acceptors (Lipinski definition) is 5. The van der Waals surface area contributed by atoms with E-state index in [9.17, 15) is 9.18 Å². The molecule has 4 rings (SSSR count). The molecule has 1 N–H and O–H groups in total. The Kier molecular flexibility index (Phi) is 6.99. The number of benzene rings is 3. The van der Waals surface area contributed by atoms with Gasteiger partial charge in [-0.2, -0.15) is 0 Å². The Hall–Kier alpha value is -3.32. The van der Waals surface area contributed by atoms with Crippen LogP contribution in [-0.2, 0) is 14.5 Å². The molecule has 3 aromatic rings. The maximum atomic E-state index is 13.9. The van der Waals surface area contributed by atoms with Crippen molar-refractivity contribution in [2.75, 3.05) is 11.9 Å². The lowest BCUT2D eigenvalue weighted by molar-refractivity contribution is -0.119. The van der Waals surface area contributed by atoms with E-state index in [2.05, 4.69) is 10.5 Å². The Morgan fingerprint density at radius 1 is 1.09 bits per heavy atom. The van der Waals surface area contributed by atoms with Crippen LogP contribution in [-0.4, -0.2) is 18.7 Å². The zero-order valence-electron chi connectivity index (χ0n) is 18.5. The molecule has 1 aliphatic heterocycles. The summed E-state index contributed by atoms with van der Waals surface area (Å²) in [7, 11) is 0. The van der Waals surface area contributed by atoms with Crippen LogP contribution in [0.25, 0.3) is 11.1 Å². The monoisotopic (exact) mass is 464 g/mol. The lowest BCUT2D eigenvalue weighted by Crippen LogP contribution is -2.26. The third-order valence-electron chi connectivity index (χ3n) is 5.52. The summed E-state index contributed by atoms with van der Waals surface area (Å²) in [5.41, 5.74) is 2.65. The van der Waals surface area contributed by atoms with Crippen molar-refractivity contribution >= 4 is 29.9 Å². The molecule has 0 unspecified atom stereocenters. The van der Waals surface area contributed by atoms with Gasteiger partial charge in [0.25, 0.3) is 0 Å². The predicted octanol–water partition coefficient (Wildman–Crippen LogP) is 6.59. The van der Waals surface area contributed by atoms with Crippen LogP contribution in [0.3, 0.4) is 0 Å². The fourth-order valence-corrected chi connectivity index (χ4v) is 3.97. The van der Waals surface area contributed by atoms with Gasteiger partial charge in [0.2, 0.25) is 5.91 Å². The van der Waals surface area contributed by atoms with Gasteiger partial charge in [-0.1, -0.05) is 35.5 Å². The van der Waals surface area contributed by atoms with Gasteiger partial charge >= 0.3 is 0 Å². The molecule has 0 saturated carbocycles. The molecule has 0 fully saturated rings. The van der Waals surface area contributed by atoms with Crippen molar-refractivity contribution in [1.29, 1.82) is 0 Å². The van der Waals surface area contributed by atoms with Gasteiger partial charge in [-0.3, -0.25) is 4.79 Å². The van der Waals surface area contributed by atoms with Crippen LogP contribution in [0.15, 0.2) is 76.8 Å². The third-order valence-corrected chi connectivity index (χ3v) is 6.14. The number of carbonyl (C=O) groups excluding carboxylic acids is 1. The summed E-state index contributed by atoms with van der Waals surface area (Å²) in [6.45, 7) is 4.35. The second kappa shape index (κ2) is 10.1. The minimum Gasteiger partial charge on any atom is -0.494 e. The van der Waals surface area contributed by atoms with Crippen molar-refractivity contribution in [1.82, 2.24) is 0 Å². The molecule has 7 heteroatoms. The number of unbranched alkanes of at least 4 members (excludes halogenated alkanes) is 1. The lowest BCUT2D eigenvalue weighted by atomic mass is 9.86. The molecule has 1 amide bonds.